The summed E-state index contributed by atoms with van der Waals surface area (Å²) >= 11 is 1.45. The van der Waals surface area contributed by atoms with E-state index in [1.54, 1.807) is 17.2 Å². The van der Waals surface area contributed by atoms with E-state index in [1.165, 1.54) is 22.7 Å². The quantitative estimate of drug-likeness (QED) is 0.584. The highest BCUT2D eigenvalue weighted by molar-refractivity contribution is 8.06. The van der Waals surface area contributed by atoms with Crippen molar-refractivity contribution in [1.82, 2.24) is 25.3 Å². The van der Waals surface area contributed by atoms with Crippen LogP contribution in [0.15, 0.2) is 35.0 Å². The number of aromatic nitrogens is 4. The number of rotatable bonds is 5. The first-order valence-corrected chi connectivity index (χ1v) is 12.3. The molecule has 37 heavy (non-hydrogen) atoms. The van der Waals surface area contributed by atoms with Crippen LogP contribution in [0.1, 0.15) is 19.0 Å². The molecular formula is C22H23F3N8O3S. The van der Waals surface area contributed by atoms with Crippen molar-refractivity contribution in [1.29, 1.82) is 0 Å². The van der Waals surface area contributed by atoms with Crippen molar-refractivity contribution in [3.63, 3.8) is 0 Å². The number of hydrogen-bond donors (Lipinski definition) is 2. The van der Waals surface area contributed by atoms with E-state index < -0.39 is 36.1 Å². The Kier molecular flexibility index (Phi) is 6.81. The average molecular weight is 537 g/mol. The van der Waals surface area contributed by atoms with E-state index >= 15 is 0 Å². The standard InChI is InChI=1S/C22H23F3N8O3S/c1-2-14-15(10-17-27-3-8-37-17)36-21(34)33(14)16-9-13(29-20(30-16)32-4-6-35-7-5-32)12-11-28-19(26)31-18(12)22(23,24)25/h3,8-11,14-15,27H,2,4-7H2,1H3,(H2,26,28,31). The van der Waals surface area contributed by atoms with Crippen molar-refractivity contribution in [2.75, 3.05) is 41.8 Å². The molecule has 0 aromatic carbocycles. The van der Waals surface area contributed by atoms with Crippen LogP contribution in [-0.2, 0) is 15.7 Å². The van der Waals surface area contributed by atoms with Crippen LogP contribution in [0.3, 0.4) is 0 Å². The highest BCUT2D eigenvalue weighted by atomic mass is 32.2. The van der Waals surface area contributed by atoms with Crippen molar-refractivity contribution in [3.8, 4) is 11.3 Å². The summed E-state index contributed by atoms with van der Waals surface area (Å²) in [6.07, 6.45) is -1.02. The first-order valence-electron chi connectivity index (χ1n) is 11.5. The Bertz CT molecular complexity index is 1240. The van der Waals surface area contributed by atoms with Crippen LogP contribution in [-0.4, -0.2) is 64.5 Å². The summed E-state index contributed by atoms with van der Waals surface area (Å²) < 4.78 is 52.6. The molecule has 3 aliphatic rings. The largest absolute Gasteiger partial charge is 0.439 e. The maximum atomic E-state index is 13.9. The number of cyclic esters (lactones) is 1. The Hall–Kier alpha value is -3.59. The minimum atomic E-state index is -4.81. The van der Waals surface area contributed by atoms with Crippen molar-refractivity contribution in [2.45, 2.75) is 31.7 Å². The molecule has 2 aromatic rings. The SMILES string of the molecule is CCC1C(C=C2NC=CS2)OC(=O)N1c1cc(-c2cnc(N)nc2C(F)(F)F)nc(N2CCOCC2)n1. The molecule has 2 saturated heterocycles. The van der Waals surface area contributed by atoms with Crippen molar-refractivity contribution < 1.29 is 27.4 Å². The smallest absolute Gasteiger partial charge is 0.434 e. The van der Waals surface area contributed by atoms with Gasteiger partial charge in [-0.1, -0.05) is 18.7 Å². The van der Waals surface area contributed by atoms with Gasteiger partial charge in [0.05, 0.1) is 30.0 Å². The maximum absolute atomic E-state index is 13.9. The summed E-state index contributed by atoms with van der Waals surface area (Å²) in [4.78, 5) is 32.4. The molecule has 196 valence electrons. The van der Waals surface area contributed by atoms with Gasteiger partial charge < -0.3 is 25.4 Å². The fraction of sp³-hybridized carbons (Fsp3) is 0.409. The molecule has 15 heteroatoms. The second kappa shape index (κ2) is 10.0. The van der Waals surface area contributed by atoms with Crippen LogP contribution in [0.25, 0.3) is 11.3 Å². The summed E-state index contributed by atoms with van der Waals surface area (Å²) in [6.45, 7) is 3.55. The Morgan fingerprint density at radius 2 is 2.05 bits per heavy atom. The van der Waals surface area contributed by atoms with E-state index in [0.717, 1.165) is 11.2 Å². The van der Waals surface area contributed by atoms with E-state index in [-0.39, 0.29) is 23.0 Å². The van der Waals surface area contributed by atoms with E-state index in [4.69, 9.17) is 15.2 Å². The predicted octanol–water partition coefficient (Wildman–Crippen LogP) is 3.12. The van der Waals surface area contributed by atoms with Crippen molar-refractivity contribution in [2.24, 2.45) is 0 Å². The van der Waals surface area contributed by atoms with Gasteiger partial charge >= 0.3 is 12.3 Å². The highest BCUT2D eigenvalue weighted by Gasteiger charge is 2.43. The Labute approximate surface area is 213 Å². The second-order valence-electron chi connectivity index (χ2n) is 8.29. The van der Waals surface area contributed by atoms with E-state index in [0.29, 0.717) is 32.7 Å². The number of anilines is 3. The molecule has 3 aliphatic heterocycles. The van der Waals surface area contributed by atoms with Crippen LogP contribution in [0.4, 0.5) is 35.7 Å². The first kappa shape index (κ1) is 25.1. The molecule has 5 rings (SSSR count). The summed E-state index contributed by atoms with van der Waals surface area (Å²) in [5.74, 6) is -0.251. The zero-order valence-electron chi connectivity index (χ0n) is 19.6. The lowest BCUT2D eigenvalue weighted by Gasteiger charge is -2.29. The summed E-state index contributed by atoms with van der Waals surface area (Å²) in [5, 5.41) is 5.73. The lowest BCUT2D eigenvalue weighted by atomic mass is 10.1. The molecule has 2 aromatic heterocycles. The monoisotopic (exact) mass is 536 g/mol. The minimum Gasteiger partial charge on any atom is -0.439 e. The predicted molar refractivity (Wildman–Crippen MR) is 130 cm³/mol. The summed E-state index contributed by atoms with van der Waals surface area (Å²) in [7, 11) is 0. The molecule has 3 N–H and O–H groups in total. The van der Waals surface area contributed by atoms with Gasteiger partial charge in [0.15, 0.2) is 5.69 Å². The van der Waals surface area contributed by atoms with Gasteiger partial charge in [-0.15, -0.1) is 0 Å². The number of hydrogen-bond acceptors (Lipinski definition) is 11. The highest BCUT2D eigenvalue weighted by Crippen LogP contribution is 2.38. The molecule has 0 bridgehead atoms. The Morgan fingerprint density at radius 1 is 1.27 bits per heavy atom. The topological polar surface area (TPSA) is 132 Å². The van der Waals surface area contributed by atoms with E-state index in [2.05, 4.69) is 25.3 Å². The zero-order valence-corrected chi connectivity index (χ0v) is 20.4. The number of morpholine rings is 1. The molecule has 1 amide bonds. The molecule has 0 saturated carbocycles. The van der Waals surface area contributed by atoms with Crippen LogP contribution in [0.5, 0.6) is 0 Å². The number of nitrogens with two attached hydrogens (primary N) is 1. The lowest BCUT2D eigenvalue weighted by molar-refractivity contribution is -0.140. The Balaban J connectivity index is 1.61. The number of nitrogens with zero attached hydrogens (tertiary/aromatic N) is 6. The number of amides is 1. The number of halogens is 3. The third kappa shape index (κ3) is 5.13. The van der Waals surface area contributed by atoms with Crippen LogP contribution < -0.4 is 20.9 Å². The van der Waals surface area contributed by atoms with Crippen molar-refractivity contribution in [3.05, 3.63) is 40.7 Å². The molecule has 0 spiro atoms. The third-order valence-corrected chi connectivity index (χ3v) is 6.74. The number of nitrogen functional groups attached to an aromatic ring is 1. The number of nitrogens with one attached hydrogen (secondary N) is 1. The van der Waals surface area contributed by atoms with E-state index in [1.807, 2.05) is 12.3 Å². The van der Waals surface area contributed by atoms with Gasteiger partial charge in [0.1, 0.15) is 11.9 Å². The van der Waals surface area contributed by atoms with Crippen molar-refractivity contribution >= 4 is 35.6 Å². The van der Waals surface area contributed by atoms with Gasteiger partial charge in [-0.25, -0.2) is 19.7 Å². The van der Waals surface area contributed by atoms with Gasteiger partial charge in [0.25, 0.3) is 0 Å². The molecule has 0 aliphatic carbocycles. The maximum Gasteiger partial charge on any atom is 0.434 e. The van der Waals surface area contributed by atoms with Gasteiger partial charge in [0, 0.05) is 37.1 Å². The molecule has 2 atom stereocenters. The minimum absolute atomic E-state index is 0.0968. The van der Waals surface area contributed by atoms with Crippen LogP contribution in [0.2, 0.25) is 0 Å². The fourth-order valence-corrected chi connectivity index (χ4v) is 4.87. The normalized spacial score (nSPS) is 23.0. The van der Waals surface area contributed by atoms with Gasteiger partial charge in [-0.3, -0.25) is 4.90 Å². The summed E-state index contributed by atoms with van der Waals surface area (Å²) in [6, 6.07) is 0.866. The Morgan fingerprint density at radius 3 is 2.73 bits per heavy atom. The first-order chi connectivity index (χ1) is 17.7. The van der Waals surface area contributed by atoms with Gasteiger partial charge in [-0.05, 0) is 17.9 Å². The molecule has 2 unspecified atom stereocenters. The molecule has 5 heterocycles. The van der Waals surface area contributed by atoms with Crippen LogP contribution >= 0.6 is 11.8 Å². The average Bonchev–Trinajstić information content (AvgIpc) is 3.50. The number of thioether (sulfide) groups is 1. The van der Waals surface area contributed by atoms with E-state index in [9.17, 15) is 18.0 Å². The number of carbonyl (C=O) groups is 1. The lowest BCUT2D eigenvalue weighted by Crippen LogP contribution is -2.39. The van der Waals surface area contributed by atoms with Crippen LogP contribution in [0, 0.1) is 0 Å². The third-order valence-electron chi connectivity index (χ3n) is 5.96. The fourth-order valence-electron chi connectivity index (χ4n) is 4.24. The number of carbonyl (C=O) groups excluding carboxylic acids is 1. The number of alkyl halides is 3. The molecule has 11 nitrogen and oxygen atoms in total. The van der Waals surface area contributed by atoms with Gasteiger partial charge in [-0.2, -0.15) is 18.2 Å². The zero-order chi connectivity index (χ0) is 26.2. The van der Waals surface area contributed by atoms with Gasteiger partial charge in [0.2, 0.25) is 11.9 Å². The second-order valence-corrected chi connectivity index (χ2v) is 9.24. The molecule has 0 radical (unpaired) electrons. The summed E-state index contributed by atoms with van der Waals surface area (Å²) in [5.41, 5.74) is 3.75. The number of ether oxygens (including phenoxy) is 2. The molecule has 2 fully saturated rings. The molecular weight excluding hydrogens is 513 g/mol.